The van der Waals surface area contributed by atoms with Crippen molar-refractivity contribution in [2.24, 2.45) is 0 Å². The molecule has 0 saturated heterocycles. The van der Waals surface area contributed by atoms with Crippen molar-refractivity contribution in [3.8, 4) is 11.3 Å². The summed E-state index contributed by atoms with van der Waals surface area (Å²) in [6.45, 7) is 0. The zero-order chi connectivity index (χ0) is 20.8. The van der Waals surface area contributed by atoms with E-state index in [1.807, 2.05) is 29.7 Å². The van der Waals surface area contributed by atoms with Gasteiger partial charge >= 0.3 is 0 Å². The van der Waals surface area contributed by atoms with Gasteiger partial charge in [0.15, 0.2) is 0 Å². The average molecular weight is 425 g/mol. The van der Waals surface area contributed by atoms with E-state index in [9.17, 15) is 0 Å². The summed E-state index contributed by atoms with van der Waals surface area (Å²) in [7, 11) is 0. The molecule has 8 aromatic rings. The van der Waals surface area contributed by atoms with E-state index >= 15 is 0 Å². The van der Waals surface area contributed by atoms with Crippen LogP contribution in [0.15, 0.2) is 97.2 Å². The largest absolute Gasteiger partial charge is 0.308 e. The summed E-state index contributed by atoms with van der Waals surface area (Å²) >= 11 is 1.91. The molecule has 8 rings (SSSR count). The Morgan fingerprint density at radius 2 is 1.44 bits per heavy atom. The number of nitrogens with zero attached hydrogens (tertiary/aromatic N) is 2. The fourth-order valence-electron chi connectivity index (χ4n) is 5.43. The predicted octanol–water partition coefficient (Wildman–Crippen LogP) is 8.27. The molecular formula is C29H16N2S. The first kappa shape index (κ1) is 16.7. The van der Waals surface area contributed by atoms with Crippen LogP contribution < -0.4 is 0 Å². The fraction of sp³-hybridized carbons (Fsp3) is 0. The van der Waals surface area contributed by atoms with Gasteiger partial charge in [-0.25, -0.2) is 0 Å². The number of hydrogen-bond donors (Lipinski definition) is 0. The molecule has 0 aliphatic rings. The monoisotopic (exact) mass is 424 g/mol. The molecule has 4 heterocycles. The molecule has 4 aromatic heterocycles. The molecule has 0 saturated carbocycles. The summed E-state index contributed by atoms with van der Waals surface area (Å²) in [5, 5.41) is 8.02. The highest BCUT2D eigenvalue weighted by atomic mass is 32.1. The van der Waals surface area contributed by atoms with Crippen molar-refractivity contribution in [2.75, 3.05) is 0 Å². The lowest BCUT2D eigenvalue weighted by Crippen LogP contribution is -1.83. The number of benzene rings is 4. The number of rotatable bonds is 1. The summed E-state index contributed by atoms with van der Waals surface area (Å²) < 4.78 is 5.19. The molecule has 0 unspecified atom stereocenters. The molecule has 0 radical (unpaired) electrons. The van der Waals surface area contributed by atoms with Crippen LogP contribution in [0.4, 0.5) is 0 Å². The maximum absolute atomic E-state index is 4.59. The number of para-hydroxylation sites is 1. The van der Waals surface area contributed by atoms with Crippen LogP contribution in [0.25, 0.3) is 69.5 Å². The lowest BCUT2D eigenvalue weighted by molar-refractivity contribution is 1.33. The van der Waals surface area contributed by atoms with Gasteiger partial charge in [0.2, 0.25) is 0 Å². The van der Waals surface area contributed by atoms with Crippen molar-refractivity contribution < 1.29 is 0 Å². The SMILES string of the molecule is c1ccc(-c2ccc3c(c2)c2cc4c5ccccc5sc4c4c5ccccc5n3c24)nc1. The van der Waals surface area contributed by atoms with E-state index < -0.39 is 0 Å². The van der Waals surface area contributed by atoms with Crippen LogP contribution in [0.3, 0.4) is 0 Å². The number of thiophene rings is 1. The van der Waals surface area contributed by atoms with Crippen molar-refractivity contribution in [1.82, 2.24) is 9.38 Å². The predicted molar refractivity (Wildman–Crippen MR) is 137 cm³/mol. The molecule has 3 heteroatoms. The van der Waals surface area contributed by atoms with Gasteiger partial charge in [-0.2, -0.15) is 0 Å². The minimum Gasteiger partial charge on any atom is -0.308 e. The molecule has 2 nitrogen and oxygen atoms in total. The van der Waals surface area contributed by atoms with Gasteiger partial charge < -0.3 is 4.40 Å². The van der Waals surface area contributed by atoms with Gasteiger partial charge in [0.1, 0.15) is 0 Å². The van der Waals surface area contributed by atoms with Crippen molar-refractivity contribution >= 4 is 69.6 Å². The second kappa shape index (κ2) is 5.84. The lowest BCUT2D eigenvalue weighted by Gasteiger charge is -2.03. The second-order valence-corrected chi connectivity index (χ2v) is 9.47. The molecule has 148 valence electrons. The van der Waals surface area contributed by atoms with E-state index in [0.717, 1.165) is 11.3 Å². The van der Waals surface area contributed by atoms with Crippen molar-refractivity contribution in [2.45, 2.75) is 0 Å². The molecule has 0 spiro atoms. The highest BCUT2D eigenvalue weighted by Gasteiger charge is 2.21. The molecule has 0 atom stereocenters. The van der Waals surface area contributed by atoms with Gasteiger partial charge in [0.25, 0.3) is 0 Å². The molecule has 0 N–H and O–H groups in total. The number of aromatic nitrogens is 2. The number of fused-ring (bicyclic) bond motifs is 10. The molecule has 0 bridgehead atoms. The Balaban J connectivity index is 1.65. The quantitative estimate of drug-likeness (QED) is 0.259. The third kappa shape index (κ3) is 1.97. The highest BCUT2D eigenvalue weighted by molar-refractivity contribution is 7.26. The summed E-state index contributed by atoms with van der Waals surface area (Å²) in [5.74, 6) is 0. The zero-order valence-electron chi connectivity index (χ0n) is 17.0. The third-order valence-corrected chi connectivity index (χ3v) is 7.97. The Labute approximate surface area is 187 Å². The first-order valence-electron chi connectivity index (χ1n) is 10.8. The Hall–Kier alpha value is -3.95. The summed E-state index contributed by atoms with van der Waals surface area (Å²) in [6.07, 6.45) is 1.86. The van der Waals surface area contributed by atoms with Crippen LogP contribution in [0.2, 0.25) is 0 Å². The summed E-state index contributed by atoms with van der Waals surface area (Å²) in [5.41, 5.74) is 6.03. The van der Waals surface area contributed by atoms with Crippen LogP contribution in [-0.2, 0) is 0 Å². The van der Waals surface area contributed by atoms with Crippen molar-refractivity contribution in [1.29, 1.82) is 0 Å². The minimum absolute atomic E-state index is 1.01. The van der Waals surface area contributed by atoms with E-state index in [1.165, 1.54) is 58.3 Å². The van der Waals surface area contributed by atoms with Gasteiger partial charge in [-0.1, -0.05) is 48.5 Å². The zero-order valence-corrected chi connectivity index (χ0v) is 17.9. The molecule has 0 amide bonds. The average Bonchev–Trinajstić information content (AvgIpc) is 3.50. The van der Waals surface area contributed by atoms with Gasteiger partial charge in [0, 0.05) is 53.5 Å². The first-order valence-corrected chi connectivity index (χ1v) is 11.6. The van der Waals surface area contributed by atoms with Crippen LogP contribution in [0, 0.1) is 0 Å². The van der Waals surface area contributed by atoms with Crippen LogP contribution in [0.1, 0.15) is 0 Å². The van der Waals surface area contributed by atoms with Gasteiger partial charge in [-0.15, -0.1) is 11.3 Å². The maximum atomic E-state index is 4.59. The van der Waals surface area contributed by atoms with Crippen LogP contribution >= 0.6 is 11.3 Å². The Kier molecular flexibility index (Phi) is 3.05. The van der Waals surface area contributed by atoms with Gasteiger partial charge in [-0.3, -0.25) is 4.98 Å². The van der Waals surface area contributed by atoms with E-state index in [4.69, 9.17) is 0 Å². The summed E-state index contributed by atoms with van der Waals surface area (Å²) in [4.78, 5) is 4.59. The molecule has 0 aliphatic heterocycles. The molecule has 0 aliphatic carbocycles. The Morgan fingerprint density at radius 3 is 2.34 bits per heavy atom. The second-order valence-electron chi connectivity index (χ2n) is 8.42. The fourth-order valence-corrected chi connectivity index (χ4v) is 6.67. The standard InChI is InChI=1S/C29H16N2S/c1-3-10-24-19(8-1)27-28-21(16-22-18-7-2-4-11-26(18)32-29(22)27)20-15-17(12-13-25(20)31(24)28)23-9-5-6-14-30-23/h1-16H. The Morgan fingerprint density at radius 1 is 0.625 bits per heavy atom. The lowest BCUT2D eigenvalue weighted by atomic mass is 10.0. The molecule has 0 fully saturated rings. The Bertz CT molecular complexity index is 1980. The van der Waals surface area contributed by atoms with E-state index in [0.29, 0.717) is 0 Å². The minimum atomic E-state index is 1.01. The molecule has 4 aromatic carbocycles. The van der Waals surface area contributed by atoms with Gasteiger partial charge in [-0.05, 0) is 42.5 Å². The number of hydrogen-bond acceptors (Lipinski definition) is 2. The third-order valence-electron chi connectivity index (χ3n) is 6.77. The smallest absolute Gasteiger partial charge is 0.0702 e. The van der Waals surface area contributed by atoms with Crippen LogP contribution in [-0.4, -0.2) is 9.38 Å². The van der Waals surface area contributed by atoms with Crippen molar-refractivity contribution in [3.05, 3.63) is 97.2 Å². The van der Waals surface area contributed by atoms with E-state index in [2.05, 4.69) is 88.2 Å². The van der Waals surface area contributed by atoms with E-state index in [-0.39, 0.29) is 0 Å². The highest BCUT2D eigenvalue weighted by Crippen LogP contribution is 2.47. The van der Waals surface area contributed by atoms with Crippen LogP contribution in [0.5, 0.6) is 0 Å². The number of pyridine rings is 1. The summed E-state index contributed by atoms with van der Waals surface area (Å²) in [6, 6.07) is 32.9. The maximum Gasteiger partial charge on any atom is 0.0702 e. The van der Waals surface area contributed by atoms with Gasteiger partial charge in [0.05, 0.1) is 22.2 Å². The first-order chi connectivity index (χ1) is 15.9. The normalized spacial score (nSPS) is 12.4. The molecule has 32 heavy (non-hydrogen) atoms. The van der Waals surface area contributed by atoms with E-state index in [1.54, 1.807) is 0 Å². The van der Waals surface area contributed by atoms with Crippen molar-refractivity contribution in [3.63, 3.8) is 0 Å². The molecular weight excluding hydrogens is 408 g/mol. The topological polar surface area (TPSA) is 17.3 Å².